The molecule has 0 saturated carbocycles. The minimum atomic E-state index is 0.778. The maximum absolute atomic E-state index is 5.93. The molecule has 2 aromatic rings. The van der Waals surface area contributed by atoms with Crippen molar-refractivity contribution in [1.29, 1.82) is 0 Å². The molecule has 1 aromatic heterocycles. The predicted molar refractivity (Wildman–Crippen MR) is 113 cm³/mol. The van der Waals surface area contributed by atoms with Crippen molar-refractivity contribution in [2.45, 2.75) is 82.0 Å². The molecule has 0 fully saturated rings. The van der Waals surface area contributed by atoms with Crippen LogP contribution in [0.25, 0.3) is 0 Å². The lowest BCUT2D eigenvalue weighted by molar-refractivity contribution is 0.558. The number of unbranched alkanes of at least 4 members (excludes halogenated alkanes) is 8. The molecular formula is C21H32ClN3S. The zero-order chi connectivity index (χ0) is 18.6. The lowest BCUT2D eigenvalue weighted by atomic mass is 10.1. The van der Waals surface area contributed by atoms with Gasteiger partial charge in [-0.05, 0) is 24.1 Å². The molecule has 0 radical (unpaired) electrons. The zero-order valence-electron chi connectivity index (χ0n) is 16.2. The third-order valence-electron chi connectivity index (χ3n) is 4.71. The highest BCUT2D eigenvalue weighted by Crippen LogP contribution is 2.22. The molecule has 0 saturated heterocycles. The number of hydrogen-bond acceptors (Lipinski definition) is 3. The second-order valence-electron chi connectivity index (χ2n) is 6.95. The van der Waals surface area contributed by atoms with Crippen LogP contribution in [0.4, 0.5) is 0 Å². The van der Waals surface area contributed by atoms with Gasteiger partial charge in [0.25, 0.3) is 0 Å². The highest BCUT2D eigenvalue weighted by Gasteiger charge is 2.09. The highest BCUT2D eigenvalue weighted by molar-refractivity contribution is 7.98. The number of thioether (sulfide) groups is 1. The maximum Gasteiger partial charge on any atom is 0.191 e. The van der Waals surface area contributed by atoms with Crippen molar-refractivity contribution in [3.05, 3.63) is 40.7 Å². The fourth-order valence-electron chi connectivity index (χ4n) is 3.01. The van der Waals surface area contributed by atoms with Crippen molar-refractivity contribution in [1.82, 2.24) is 14.8 Å². The first-order chi connectivity index (χ1) is 12.7. The molecule has 144 valence electrons. The second-order valence-corrected chi connectivity index (χ2v) is 8.33. The largest absolute Gasteiger partial charge is 0.309 e. The van der Waals surface area contributed by atoms with Crippen LogP contribution >= 0.6 is 23.4 Å². The zero-order valence-corrected chi connectivity index (χ0v) is 17.8. The first-order valence-corrected chi connectivity index (χ1v) is 11.3. The van der Waals surface area contributed by atoms with Gasteiger partial charge in [-0.1, -0.05) is 93.8 Å². The van der Waals surface area contributed by atoms with Gasteiger partial charge in [-0.2, -0.15) is 0 Å². The Hall–Kier alpha value is -1.00. The smallest absolute Gasteiger partial charge is 0.191 e. The molecule has 0 aliphatic heterocycles. The second kappa shape index (κ2) is 12.4. The van der Waals surface area contributed by atoms with E-state index in [-0.39, 0.29) is 0 Å². The number of nitrogens with zero attached hydrogens (tertiary/aromatic N) is 3. The Bertz CT molecular complexity index is 625. The fourth-order valence-corrected chi connectivity index (χ4v) is 4.02. The highest BCUT2D eigenvalue weighted by atomic mass is 35.5. The third kappa shape index (κ3) is 7.71. The standard InChI is InChI=1S/C21H32ClN3S/c1-3-4-5-6-7-8-9-10-11-12-20-23-24-21(25(20)2)26-17-18-13-15-19(22)16-14-18/h13-16H,3-12,17H2,1-2H3. The van der Waals surface area contributed by atoms with E-state index >= 15 is 0 Å². The van der Waals surface area contributed by atoms with E-state index in [2.05, 4.69) is 40.9 Å². The molecule has 0 atom stereocenters. The molecule has 0 amide bonds. The Morgan fingerprint density at radius 1 is 0.885 bits per heavy atom. The number of benzene rings is 1. The van der Waals surface area contributed by atoms with Crippen LogP contribution in [0.5, 0.6) is 0 Å². The van der Waals surface area contributed by atoms with E-state index in [0.29, 0.717) is 0 Å². The van der Waals surface area contributed by atoms with Gasteiger partial charge in [0.05, 0.1) is 0 Å². The summed E-state index contributed by atoms with van der Waals surface area (Å²) in [5.41, 5.74) is 1.25. The average Bonchev–Trinajstić information content (AvgIpc) is 3.00. The summed E-state index contributed by atoms with van der Waals surface area (Å²) >= 11 is 7.66. The normalized spacial score (nSPS) is 11.2. The molecule has 1 heterocycles. The molecule has 0 unspecified atom stereocenters. The lowest BCUT2D eigenvalue weighted by Crippen LogP contribution is -1.99. The van der Waals surface area contributed by atoms with E-state index in [1.54, 1.807) is 11.8 Å². The van der Waals surface area contributed by atoms with Crippen LogP contribution in [0.15, 0.2) is 29.4 Å². The van der Waals surface area contributed by atoms with Gasteiger partial charge in [-0.25, -0.2) is 0 Å². The Kier molecular flexibility index (Phi) is 10.2. The van der Waals surface area contributed by atoms with E-state index < -0.39 is 0 Å². The van der Waals surface area contributed by atoms with Crippen molar-refractivity contribution in [3.8, 4) is 0 Å². The summed E-state index contributed by atoms with van der Waals surface area (Å²) in [6, 6.07) is 8.00. The van der Waals surface area contributed by atoms with Gasteiger partial charge >= 0.3 is 0 Å². The Morgan fingerprint density at radius 3 is 2.15 bits per heavy atom. The number of aromatic nitrogens is 3. The van der Waals surface area contributed by atoms with Crippen LogP contribution in [0, 0.1) is 0 Å². The number of rotatable bonds is 13. The molecular weight excluding hydrogens is 362 g/mol. The minimum Gasteiger partial charge on any atom is -0.309 e. The number of hydrogen-bond donors (Lipinski definition) is 0. The molecule has 2 rings (SSSR count). The minimum absolute atomic E-state index is 0.778. The van der Waals surface area contributed by atoms with Crippen molar-refractivity contribution in [3.63, 3.8) is 0 Å². The predicted octanol–water partition coefficient (Wildman–Crippen LogP) is 6.83. The van der Waals surface area contributed by atoms with Crippen LogP contribution in [-0.2, 0) is 19.2 Å². The van der Waals surface area contributed by atoms with Gasteiger partial charge in [0, 0.05) is 24.2 Å². The van der Waals surface area contributed by atoms with E-state index in [1.165, 1.54) is 63.4 Å². The first kappa shape index (κ1) is 21.3. The van der Waals surface area contributed by atoms with Crippen molar-refractivity contribution in [2.24, 2.45) is 7.05 Å². The Morgan fingerprint density at radius 2 is 1.50 bits per heavy atom. The van der Waals surface area contributed by atoms with Crippen LogP contribution in [-0.4, -0.2) is 14.8 Å². The first-order valence-electron chi connectivity index (χ1n) is 9.96. The van der Waals surface area contributed by atoms with Crippen molar-refractivity contribution in [2.75, 3.05) is 0 Å². The Labute approximate surface area is 167 Å². The van der Waals surface area contributed by atoms with Gasteiger partial charge in [0.1, 0.15) is 5.82 Å². The van der Waals surface area contributed by atoms with Crippen LogP contribution in [0.3, 0.4) is 0 Å². The summed E-state index contributed by atoms with van der Waals surface area (Å²) in [4.78, 5) is 0. The fraction of sp³-hybridized carbons (Fsp3) is 0.619. The lowest BCUT2D eigenvalue weighted by Gasteiger charge is -2.05. The van der Waals surface area contributed by atoms with Gasteiger partial charge in [-0.3, -0.25) is 0 Å². The SMILES string of the molecule is CCCCCCCCCCCc1nnc(SCc2ccc(Cl)cc2)n1C. The summed E-state index contributed by atoms with van der Waals surface area (Å²) in [5.74, 6) is 1.99. The van der Waals surface area contributed by atoms with Gasteiger partial charge in [0.15, 0.2) is 5.16 Å². The van der Waals surface area contributed by atoms with E-state index in [9.17, 15) is 0 Å². The molecule has 0 bridgehead atoms. The summed E-state index contributed by atoms with van der Waals surface area (Å²) < 4.78 is 2.14. The van der Waals surface area contributed by atoms with Gasteiger partial charge in [-0.15, -0.1) is 10.2 Å². The average molecular weight is 394 g/mol. The quantitative estimate of drug-likeness (QED) is 0.276. The molecule has 0 spiro atoms. The molecule has 1 aromatic carbocycles. The summed E-state index contributed by atoms with van der Waals surface area (Å²) in [5, 5.41) is 10.5. The number of halogens is 1. The Balaban J connectivity index is 1.62. The summed E-state index contributed by atoms with van der Waals surface area (Å²) in [6.45, 7) is 2.27. The van der Waals surface area contributed by atoms with Crippen LogP contribution in [0.1, 0.15) is 76.1 Å². The van der Waals surface area contributed by atoms with Gasteiger partial charge in [0.2, 0.25) is 0 Å². The van der Waals surface area contributed by atoms with E-state index in [1.807, 2.05) is 12.1 Å². The summed E-state index contributed by atoms with van der Waals surface area (Å²) in [7, 11) is 2.08. The van der Waals surface area contributed by atoms with Gasteiger partial charge < -0.3 is 4.57 Å². The molecule has 5 heteroatoms. The molecule has 0 N–H and O–H groups in total. The maximum atomic E-state index is 5.93. The van der Waals surface area contributed by atoms with Crippen LogP contribution < -0.4 is 0 Å². The number of aryl methyl sites for hydroxylation is 1. The molecule has 0 aliphatic rings. The summed E-state index contributed by atoms with van der Waals surface area (Å²) in [6.07, 6.45) is 13.2. The van der Waals surface area contributed by atoms with Crippen LogP contribution in [0.2, 0.25) is 5.02 Å². The molecule has 3 nitrogen and oxygen atoms in total. The van der Waals surface area contributed by atoms with Crippen molar-refractivity contribution >= 4 is 23.4 Å². The molecule has 0 aliphatic carbocycles. The topological polar surface area (TPSA) is 30.7 Å². The third-order valence-corrected chi connectivity index (χ3v) is 6.05. The van der Waals surface area contributed by atoms with E-state index in [4.69, 9.17) is 11.6 Å². The monoisotopic (exact) mass is 393 g/mol. The van der Waals surface area contributed by atoms with Crippen molar-refractivity contribution < 1.29 is 0 Å². The molecule has 26 heavy (non-hydrogen) atoms. The van der Waals surface area contributed by atoms with E-state index in [0.717, 1.165) is 28.2 Å².